The molecule has 1 saturated heterocycles. The van der Waals surface area contributed by atoms with E-state index in [0.717, 1.165) is 16.1 Å². The lowest BCUT2D eigenvalue weighted by atomic mass is 10.2. The molecule has 1 aliphatic rings. The van der Waals surface area contributed by atoms with E-state index in [2.05, 4.69) is 15.0 Å². The average molecular weight is 489 g/mol. The van der Waals surface area contributed by atoms with E-state index in [1.54, 1.807) is 30.0 Å². The van der Waals surface area contributed by atoms with Gasteiger partial charge in [0, 0.05) is 60.1 Å². The highest BCUT2D eigenvalue weighted by Gasteiger charge is 2.33. The molecule has 6 nitrogen and oxygen atoms in total. The third kappa shape index (κ3) is 4.62. The van der Waals surface area contributed by atoms with Gasteiger partial charge in [0.25, 0.3) is 5.91 Å². The van der Waals surface area contributed by atoms with Crippen molar-refractivity contribution in [2.75, 3.05) is 26.2 Å². The Balaban J connectivity index is 1.48. The van der Waals surface area contributed by atoms with Crippen molar-refractivity contribution in [3.8, 4) is 0 Å². The Morgan fingerprint density at radius 3 is 2.39 bits per heavy atom. The number of hydrogen-bond acceptors (Lipinski definition) is 4. The molecule has 31 heavy (non-hydrogen) atoms. The molecule has 11 heteroatoms. The average Bonchev–Trinajstić information content (AvgIpc) is 3.13. The zero-order chi connectivity index (χ0) is 22.3. The molecule has 1 amide bonds. The molecule has 0 radical (unpaired) electrons. The molecule has 4 rings (SSSR count). The van der Waals surface area contributed by atoms with Crippen LogP contribution in [0.1, 0.15) is 27.4 Å². The van der Waals surface area contributed by atoms with Gasteiger partial charge in [-0.2, -0.15) is 13.9 Å². The van der Waals surface area contributed by atoms with Crippen LogP contribution in [-0.4, -0.2) is 56.5 Å². The molecule has 0 N–H and O–H groups in total. The Morgan fingerprint density at radius 1 is 1.13 bits per heavy atom. The Labute approximate surface area is 192 Å². The van der Waals surface area contributed by atoms with Gasteiger partial charge in [0.1, 0.15) is 5.69 Å². The number of hydrogen-bond donors (Lipinski definition) is 0. The Hall–Kier alpha value is -2.00. The minimum atomic E-state index is -3.64. The van der Waals surface area contributed by atoms with E-state index in [-0.39, 0.29) is 17.2 Å². The van der Waals surface area contributed by atoms with Crippen LogP contribution in [0.25, 0.3) is 5.65 Å². The maximum absolute atomic E-state index is 13.8. The van der Waals surface area contributed by atoms with E-state index < -0.39 is 11.1 Å². The van der Waals surface area contributed by atoms with Crippen LogP contribution in [0, 0.1) is 6.92 Å². The predicted octanol–water partition coefficient (Wildman–Crippen LogP) is 4.59. The molecule has 2 aromatic heterocycles. The van der Waals surface area contributed by atoms with Crippen LogP contribution in [0.4, 0.5) is 8.78 Å². The fourth-order valence-corrected chi connectivity index (χ4v) is 4.24. The molecule has 0 unspecified atom stereocenters. The first kappa shape index (κ1) is 22.2. The Morgan fingerprint density at radius 2 is 1.77 bits per heavy atom. The maximum Gasteiger partial charge on any atom is 0.364 e. The molecule has 0 bridgehead atoms. The highest BCUT2D eigenvalue weighted by molar-refractivity contribution is 6.35. The van der Waals surface area contributed by atoms with Crippen LogP contribution in [0.2, 0.25) is 10.0 Å². The van der Waals surface area contributed by atoms with Gasteiger partial charge < -0.3 is 4.90 Å². The van der Waals surface area contributed by atoms with Crippen molar-refractivity contribution in [2.24, 2.45) is 0 Å². The summed E-state index contributed by atoms with van der Waals surface area (Å²) < 4.78 is 28.5. The predicted molar refractivity (Wildman–Crippen MR) is 115 cm³/mol. The number of aryl methyl sites for hydroxylation is 1. The largest absolute Gasteiger partial charge is 0.364 e. The van der Waals surface area contributed by atoms with Crippen molar-refractivity contribution in [1.82, 2.24) is 24.4 Å². The van der Waals surface area contributed by atoms with Crippen LogP contribution >= 0.6 is 34.8 Å². The Bertz CT molecular complexity index is 1120. The van der Waals surface area contributed by atoms with E-state index in [1.807, 2.05) is 0 Å². The zero-order valence-electron chi connectivity index (χ0n) is 16.5. The van der Waals surface area contributed by atoms with E-state index in [9.17, 15) is 13.6 Å². The van der Waals surface area contributed by atoms with Crippen LogP contribution in [0.5, 0.6) is 0 Å². The van der Waals surface area contributed by atoms with Crippen molar-refractivity contribution < 1.29 is 13.6 Å². The molecule has 1 aromatic carbocycles. The van der Waals surface area contributed by atoms with Crippen molar-refractivity contribution in [3.63, 3.8) is 0 Å². The normalized spacial score (nSPS) is 15.6. The van der Waals surface area contributed by atoms with Gasteiger partial charge in [-0.15, -0.1) is 0 Å². The number of amides is 1. The number of benzene rings is 1. The number of fused-ring (bicyclic) bond motifs is 1. The van der Waals surface area contributed by atoms with Crippen LogP contribution in [0.3, 0.4) is 0 Å². The highest BCUT2D eigenvalue weighted by atomic mass is 35.5. The van der Waals surface area contributed by atoms with Gasteiger partial charge in [0.2, 0.25) is 0 Å². The molecule has 1 fully saturated rings. The SMILES string of the molecule is Cc1cc(C(F)(F)Cl)n2nc(C(=O)N3CCN(Cc4c(Cl)cccc4Cl)CC3)cc2n1. The fraction of sp³-hybridized carbons (Fsp3) is 0.350. The second-order valence-corrected chi connectivity index (χ2v) is 8.64. The first-order valence-electron chi connectivity index (χ1n) is 9.52. The van der Waals surface area contributed by atoms with Gasteiger partial charge in [-0.3, -0.25) is 9.69 Å². The van der Waals surface area contributed by atoms with E-state index in [4.69, 9.17) is 34.8 Å². The fourth-order valence-electron chi connectivity index (χ4n) is 3.58. The molecule has 0 aliphatic carbocycles. The van der Waals surface area contributed by atoms with Crippen molar-refractivity contribution >= 4 is 46.4 Å². The minimum absolute atomic E-state index is 0.0443. The standard InChI is InChI=1S/C20H18Cl3F2N5O/c1-12-9-17(20(23,24)25)30-18(26-12)10-16(27-30)19(31)29-7-5-28(6-8-29)11-13-14(21)3-2-4-15(13)22/h2-4,9-10H,5-8,11H2,1H3. The lowest BCUT2D eigenvalue weighted by molar-refractivity contribution is 0.0620. The summed E-state index contributed by atoms with van der Waals surface area (Å²) in [6.45, 7) is 4.29. The van der Waals surface area contributed by atoms with Crippen LogP contribution in [-0.2, 0) is 11.9 Å². The van der Waals surface area contributed by atoms with E-state index in [0.29, 0.717) is 48.5 Å². The molecule has 1 aliphatic heterocycles. The van der Waals surface area contributed by atoms with E-state index >= 15 is 0 Å². The molecule has 0 saturated carbocycles. The molecule has 0 atom stereocenters. The number of aromatic nitrogens is 3. The summed E-state index contributed by atoms with van der Waals surface area (Å²) in [6, 6.07) is 7.93. The first-order chi connectivity index (χ1) is 14.6. The summed E-state index contributed by atoms with van der Waals surface area (Å²) in [5, 5.41) is 1.62. The third-order valence-corrected chi connectivity index (χ3v) is 6.07. The lowest BCUT2D eigenvalue weighted by Gasteiger charge is -2.34. The van der Waals surface area contributed by atoms with Crippen molar-refractivity contribution in [2.45, 2.75) is 18.9 Å². The maximum atomic E-state index is 13.8. The second kappa shape index (κ2) is 8.50. The highest BCUT2D eigenvalue weighted by Crippen LogP contribution is 2.33. The van der Waals surface area contributed by atoms with E-state index in [1.165, 1.54) is 6.07 Å². The molecular weight excluding hydrogens is 471 g/mol. The quantitative estimate of drug-likeness (QED) is 0.504. The van der Waals surface area contributed by atoms with Gasteiger partial charge in [-0.25, -0.2) is 9.50 Å². The number of carbonyl (C=O) groups is 1. The summed E-state index contributed by atoms with van der Waals surface area (Å²) in [4.78, 5) is 20.9. The number of rotatable bonds is 4. The van der Waals surface area contributed by atoms with Crippen molar-refractivity contribution in [3.05, 3.63) is 63.0 Å². The third-order valence-electron chi connectivity index (χ3n) is 5.17. The summed E-state index contributed by atoms with van der Waals surface area (Å²) in [7, 11) is 0. The van der Waals surface area contributed by atoms with Gasteiger partial charge in [-0.05, 0) is 36.7 Å². The van der Waals surface area contributed by atoms with Crippen molar-refractivity contribution in [1.29, 1.82) is 0 Å². The summed E-state index contributed by atoms with van der Waals surface area (Å²) in [6.07, 6.45) is 0. The van der Waals surface area contributed by atoms with Crippen LogP contribution in [0.15, 0.2) is 30.3 Å². The minimum Gasteiger partial charge on any atom is -0.335 e. The number of carbonyl (C=O) groups excluding carboxylic acids is 1. The van der Waals surface area contributed by atoms with Gasteiger partial charge >= 0.3 is 5.38 Å². The topological polar surface area (TPSA) is 53.7 Å². The summed E-state index contributed by atoms with van der Waals surface area (Å²) in [5.41, 5.74) is 0.862. The molecule has 164 valence electrons. The zero-order valence-corrected chi connectivity index (χ0v) is 18.7. The molecule has 3 heterocycles. The molecule has 0 spiro atoms. The first-order valence-corrected chi connectivity index (χ1v) is 10.7. The summed E-state index contributed by atoms with van der Waals surface area (Å²) >= 11 is 17.7. The van der Waals surface area contributed by atoms with Gasteiger partial charge in [-0.1, -0.05) is 29.3 Å². The Kier molecular flexibility index (Phi) is 6.09. The monoisotopic (exact) mass is 487 g/mol. The van der Waals surface area contributed by atoms with Gasteiger partial charge in [0.15, 0.2) is 11.3 Å². The summed E-state index contributed by atoms with van der Waals surface area (Å²) in [5.74, 6) is -0.345. The number of halogens is 5. The van der Waals surface area contributed by atoms with Crippen LogP contribution < -0.4 is 0 Å². The number of piperazine rings is 1. The number of alkyl halides is 3. The molecule has 3 aromatic rings. The lowest BCUT2D eigenvalue weighted by Crippen LogP contribution is -2.48. The van der Waals surface area contributed by atoms with Gasteiger partial charge in [0.05, 0.1) is 0 Å². The molecular formula is C20H18Cl3F2N5O. The smallest absolute Gasteiger partial charge is 0.335 e. The number of nitrogens with zero attached hydrogens (tertiary/aromatic N) is 5. The second-order valence-electron chi connectivity index (χ2n) is 7.35.